The molecule has 124 valence electrons. The molecule has 0 fully saturated rings. The standard InChI is InChI=1S/C16H24N6O/c1-16(2,3)15-20-12(9-23-4)7-13(21-15)19-11-5-6-14-17-10-18-22(14)8-11/h7,10-11H,5-6,8-9H2,1-4H3,(H,19,20,21). The quantitative estimate of drug-likeness (QED) is 0.929. The molecule has 0 bridgehead atoms. The zero-order valence-electron chi connectivity index (χ0n) is 14.2. The van der Waals surface area contributed by atoms with Gasteiger partial charge in [0.25, 0.3) is 0 Å². The van der Waals surface area contributed by atoms with Crippen molar-refractivity contribution in [2.75, 3.05) is 12.4 Å². The van der Waals surface area contributed by atoms with Gasteiger partial charge in [-0.3, -0.25) is 0 Å². The van der Waals surface area contributed by atoms with Gasteiger partial charge in [-0.2, -0.15) is 5.10 Å². The van der Waals surface area contributed by atoms with Gasteiger partial charge in [0.05, 0.1) is 18.8 Å². The second-order valence-corrected chi connectivity index (χ2v) is 6.99. The summed E-state index contributed by atoms with van der Waals surface area (Å²) in [7, 11) is 1.68. The van der Waals surface area contributed by atoms with Crippen LogP contribution in [-0.2, 0) is 29.7 Å². The predicted octanol–water partition coefficient (Wildman–Crippen LogP) is 1.94. The number of nitrogens with zero attached hydrogens (tertiary/aromatic N) is 5. The van der Waals surface area contributed by atoms with Crippen molar-refractivity contribution in [3.8, 4) is 0 Å². The lowest BCUT2D eigenvalue weighted by Crippen LogP contribution is -2.32. The van der Waals surface area contributed by atoms with Crippen LogP contribution in [0.15, 0.2) is 12.4 Å². The fraction of sp³-hybridized carbons (Fsp3) is 0.625. The monoisotopic (exact) mass is 316 g/mol. The Labute approximate surface area is 136 Å². The van der Waals surface area contributed by atoms with E-state index < -0.39 is 0 Å². The summed E-state index contributed by atoms with van der Waals surface area (Å²) in [5, 5.41) is 7.79. The van der Waals surface area contributed by atoms with E-state index in [1.54, 1.807) is 13.4 Å². The Morgan fingerprint density at radius 1 is 1.35 bits per heavy atom. The highest BCUT2D eigenvalue weighted by molar-refractivity contribution is 5.38. The molecular formula is C16H24N6O. The van der Waals surface area contributed by atoms with E-state index in [1.807, 2.05) is 10.7 Å². The van der Waals surface area contributed by atoms with Crippen LogP contribution in [0, 0.1) is 0 Å². The Morgan fingerprint density at radius 2 is 2.17 bits per heavy atom. The van der Waals surface area contributed by atoms with Gasteiger partial charge in [-0.15, -0.1) is 0 Å². The van der Waals surface area contributed by atoms with Crippen LogP contribution >= 0.6 is 0 Å². The van der Waals surface area contributed by atoms with E-state index in [-0.39, 0.29) is 5.41 Å². The van der Waals surface area contributed by atoms with Crippen LogP contribution in [0.5, 0.6) is 0 Å². The summed E-state index contributed by atoms with van der Waals surface area (Å²) in [6, 6.07) is 2.26. The van der Waals surface area contributed by atoms with E-state index >= 15 is 0 Å². The summed E-state index contributed by atoms with van der Waals surface area (Å²) in [5.41, 5.74) is 0.790. The van der Waals surface area contributed by atoms with E-state index in [0.717, 1.165) is 42.5 Å². The van der Waals surface area contributed by atoms with E-state index in [4.69, 9.17) is 9.72 Å². The second-order valence-electron chi connectivity index (χ2n) is 6.99. The van der Waals surface area contributed by atoms with Crippen LogP contribution < -0.4 is 5.32 Å². The van der Waals surface area contributed by atoms with Crippen molar-refractivity contribution in [3.63, 3.8) is 0 Å². The highest BCUT2D eigenvalue weighted by atomic mass is 16.5. The molecule has 2 aromatic heterocycles. The first-order valence-electron chi connectivity index (χ1n) is 7.96. The van der Waals surface area contributed by atoms with Gasteiger partial charge in [-0.05, 0) is 6.42 Å². The van der Waals surface area contributed by atoms with Crippen molar-refractivity contribution in [2.45, 2.75) is 58.2 Å². The van der Waals surface area contributed by atoms with Gasteiger partial charge in [0.15, 0.2) is 0 Å². The number of anilines is 1. The Balaban J connectivity index is 1.80. The van der Waals surface area contributed by atoms with Gasteiger partial charge < -0.3 is 10.1 Å². The number of aromatic nitrogens is 5. The van der Waals surface area contributed by atoms with E-state index in [0.29, 0.717) is 12.6 Å². The molecule has 0 aliphatic carbocycles. The zero-order chi connectivity index (χ0) is 16.4. The minimum absolute atomic E-state index is 0.105. The molecule has 0 saturated carbocycles. The molecule has 7 heteroatoms. The first-order valence-corrected chi connectivity index (χ1v) is 7.96. The Bertz CT molecular complexity index is 675. The molecule has 0 saturated heterocycles. The molecule has 1 atom stereocenters. The van der Waals surface area contributed by atoms with Crippen LogP contribution in [0.3, 0.4) is 0 Å². The first kappa shape index (κ1) is 15.9. The Hall–Kier alpha value is -2.02. The highest BCUT2D eigenvalue weighted by Gasteiger charge is 2.22. The SMILES string of the molecule is COCc1cc(NC2CCc3ncnn3C2)nc(C(C)(C)C)n1. The molecule has 23 heavy (non-hydrogen) atoms. The largest absolute Gasteiger partial charge is 0.378 e. The lowest BCUT2D eigenvalue weighted by atomic mass is 9.95. The van der Waals surface area contributed by atoms with Crippen molar-refractivity contribution in [1.29, 1.82) is 0 Å². The van der Waals surface area contributed by atoms with Crippen LogP contribution in [0.1, 0.15) is 44.5 Å². The molecule has 1 aliphatic rings. The summed E-state index contributed by atoms with van der Waals surface area (Å²) >= 11 is 0. The zero-order valence-corrected chi connectivity index (χ0v) is 14.2. The van der Waals surface area contributed by atoms with Crippen molar-refractivity contribution in [3.05, 3.63) is 29.7 Å². The number of ether oxygens (including phenoxy) is 1. The van der Waals surface area contributed by atoms with Crippen LogP contribution in [-0.4, -0.2) is 37.9 Å². The van der Waals surface area contributed by atoms with Gasteiger partial charge in [-0.1, -0.05) is 20.8 Å². The molecule has 3 heterocycles. The van der Waals surface area contributed by atoms with Crippen LogP contribution in [0.4, 0.5) is 5.82 Å². The minimum atomic E-state index is -0.105. The fourth-order valence-electron chi connectivity index (χ4n) is 2.69. The summed E-state index contributed by atoms with van der Waals surface area (Å²) < 4.78 is 7.20. The smallest absolute Gasteiger partial charge is 0.138 e. The van der Waals surface area contributed by atoms with Gasteiger partial charge in [0, 0.05) is 31.1 Å². The minimum Gasteiger partial charge on any atom is -0.378 e. The van der Waals surface area contributed by atoms with Gasteiger partial charge >= 0.3 is 0 Å². The fourth-order valence-corrected chi connectivity index (χ4v) is 2.69. The molecule has 3 rings (SSSR count). The average Bonchev–Trinajstić information content (AvgIpc) is 2.94. The summed E-state index contributed by atoms with van der Waals surface area (Å²) in [5.74, 6) is 2.73. The lowest BCUT2D eigenvalue weighted by Gasteiger charge is -2.25. The normalized spacial score (nSPS) is 17.8. The molecule has 0 spiro atoms. The number of hydrogen-bond donors (Lipinski definition) is 1. The molecule has 0 radical (unpaired) electrons. The maximum absolute atomic E-state index is 5.24. The van der Waals surface area contributed by atoms with E-state index in [9.17, 15) is 0 Å². The molecule has 0 aromatic carbocycles. The Morgan fingerprint density at radius 3 is 2.91 bits per heavy atom. The number of fused-ring (bicyclic) bond motifs is 1. The van der Waals surface area contributed by atoms with E-state index in [1.165, 1.54) is 0 Å². The highest BCUT2D eigenvalue weighted by Crippen LogP contribution is 2.22. The molecule has 2 aromatic rings. The number of aryl methyl sites for hydroxylation is 1. The number of rotatable bonds is 4. The molecule has 1 unspecified atom stereocenters. The molecular weight excluding hydrogens is 292 g/mol. The summed E-state index contributed by atoms with van der Waals surface area (Å²) in [6.45, 7) is 7.64. The third kappa shape index (κ3) is 3.67. The third-order valence-electron chi connectivity index (χ3n) is 3.90. The number of methoxy groups -OCH3 is 1. The topological polar surface area (TPSA) is 77.8 Å². The molecule has 7 nitrogen and oxygen atoms in total. The van der Waals surface area contributed by atoms with Gasteiger partial charge in [0.2, 0.25) is 0 Å². The third-order valence-corrected chi connectivity index (χ3v) is 3.90. The maximum atomic E-state index is 5.24. The first-order chi connectivity index (χ1) is 11.0. The molecule has 0 amide bonds. The second kappa shape index (κ2) is 6.23. The Kier molecular flexibility index (Phi) is 4.30. The summed E-state index contributed by atoms with van der Waals surface area (Å²) in [6.07, 6.45) is 3.57. The summed E-state index contributed by atoms with van der Waals surface area (Å²) in [4.78, 5) is 13.6. The van der Waals surface area contributed by atoms with Crippen LogP contribution in [0.2, 0.25) is 0 Å². The van der Waals surface area contributed by atoms with Crippen LogP contribution in [0.25, 0.3) is 0 Å². The number of hydrogen-bond acceptors (Lipinski definition) is 6. The number of nitrogens with one attached hydrogen (secondary N) is 1. The average molecular weight is 316 g/mol. The van der Waals surface area contributed by atoms with E-state index in [2.05, 4.69) is 41.2 Å². The van der Waals surface area contributed by atoms with Gasteiger partial charge in [-0.25, -0.2) is 19.6 Å². The molecule has 1 aliphatic heterocycles. The predicted molar refractivity (Wildman–Crippen MR) is 87.2 cm³/mol. The molecule has 1 N–H and O–H groups in total. The van der Waals surface area contributed by atoms with Crippen molar-refractivity contribution >= 4 is 5.82 Å². The van der Waals surface area contributed by atoms with Crippen molar-refractivity contribution in [2.24, 2.45) is 0 Å². The van der Waals surface area contributed by atoms with Crippen molar-refractivity contribution < 1.29 is 4.74 Å². The van der Waals surface area contributed by atoms with Crippen molar-refractivity contribution in [1.82, 2.24) is 24.7 Å². The maximum Gasteiger partial charge on any atom is 0.138 e. The van der Waals surface area contributed by atoms with Gasteiger partial charge in [0.1, 0.15) is 23.8 Å². The lowest BCUT2D eigenvalue weighted by molar-refractivity contribution is 0.181.